The maximum absolute atomic E-state index is 13.4. The van der Waals surface area contributed by atoms with Crippen LogP contribution in [0.5, 0.6) is 5.88 Å². The third-order valence-corrected chi connectivity index (χ3v) is 5.20. The Hall–Kier alpha value is -3.45. The van der Waals surface area contributed by atoms with Crippen LogP contribution in [0.3, 0.4) is 0 Å². The molecule has 2 aliphatic heterocycles. The molecular weight excluding hydrogens is 379 g/mol. The van der Waals surface area contributed by atoms with E-state index in [0.29, 0.717) is 37.6 Å². The van der Waals surface area contributed by atoms with Crippen LogP contribution in [-0.4, -0.2) is 52.6 Å². The van der Waals surface area contributed by atoms with E-state index in [1.807, 2.05) is 0 Å². The molecule has 3 heterocycles. The van der Waals surface area contributed by atoms with E-state index in [0.717, 1.165) is 0 Å². The summed E-state index contributed by atoms with van der Waals surface area (Å²) in [5.74, 6) is 0.154. The average Bonchev–Trinajstić information content (AvgIpc) is 3.11. The molecule has 2 aromatic rings. The van der Waals surface area contributed by atoms with Gasteiger partial charge in [-0.05, 0) is 17.7 Å². The molecule has 1 atom stereocenters. The van der Waals surface area contributed by atoms with Gasteiger partial charge in [0.05, 0.1) is 24.7 Å². The van der Waals surface area contributed by atoms with E-state index in [2.05, 4.69) is 9.88 Å². The first-order valence-corrected chi connectivity index (χ1v) is 9.18. The molecule has 1 fully saturated rings. The molecule has 9 nitrogen and oxygen atoms in total. The van der Waals surface area contributed by atoms with E-state index in [9.17, 15) is 14.0 Å². The third-order valence-electron chi connectivity index (χ3n) is 5.20. The summed E-state index contributed by atoms with van der Waals surface area (Å²) < 4.78 is 20.6. The normalized spacial score (nSPS) is 17.5. The highest BCUT2D eigenvalue weighted by molar-refractivity contribution is 5.78. The molecule has 29 heavy (non-hydrogen) atoms. The van der Waals surface area contributed by atoms with Crippen molar-refractivity contribution in [1.82, 2.24) is 14.5 Å². The molecule has 0 aliphatic carbocycles. The molecule has 1 saturated heterocycles. The zero-order valence-electron chi connectivity index (χ0n) is 15.5. The molecular formula is C19H19FN6O3. The number of fused-ring (bicyclic) bond motifs is 3. The summed E-state index contributed by atoms with van der Waals surface area (Å²) in [6.45, 7) is 2.08. The van der Waals surface area contributed by atoms with Gasteiger partial charge in [-0.2, -0.15) is 10.2 Å². The number of benzene rings is 1. The lowest BCUT2D eigenvalue weighted by Gasteiger charge is -2.37. The minimum absolute atomic E-state index is 0.0146. The quantitative estimate of drug-likeness (QED) is 0.759. The highest BCUT2D eigenvalue weighted by Gasteiger charge is 2.36. The van der Waals surface area contributed by atoms with E-state index in [-0.39, 0.29) is 36.5 Å². The third kappa shape index (κ3) is 3.52. The van der Waals surface area contributed by atoms with Crippen LogP contribution in [0.2, 0.25) is 0 Å². The summed E-state index contributed by atoms with van der Waals surface area (Å²) >= 11 is 0. The van der Waals surface area contributed by atoms with Gasteiger partial charge in [0.15, 0.2) is 0 Å². The summed E-state index contributed by atoms with van der Waals surface area (Å²) in [6, 6.07) is 7.58. The van der Waals surface area contributed by atoms with E-state index >= 15 is 0 Å². The first-order valence-electron chi connectivity index (χ1n) is 9.18. The molecule has 0 bridgehead atoms. The standard InChI is InChI=1S/C19H19FN6O3/c20-15-2-1-12(5-13(15)7-21)11-29-16-6-17-25-4-3-24(18(27)8-22)9-14(25)10-26(17)19(28)23-16/h1-2,5-6,14H,3-4,8-11,22H2. The number of amides is 1. The van der Waals surface area contributed by atoms with Crippen molar-refractivity contribution in [1.29, 1.82) is 5.26 Å². The number of hydrogen-bond donors (Lipinski definition) is 1. The van der Waals surface area contributed by atoms with Gasteiger partial charge in [0.2, 0.25) is 11.8 Å². The summed E-state index contributed by atoms with van der Waals surface area (Å²) in [6.07, 6.45) is 0. The topological polar surface area (TPSA) is 117 Å². The van der Waals surface area contributed by atoms with Gasteiger partial charge in [-0.3, -0.25) is 9.36 Å². The number of rotatable bonds is 4. The highest BCUT2D eigenvalue weighted by Crippen LogP contribution is 2.29. The van der Waals surface area contributed by atoms with E-state index in [1.54, 1.807) is 21.6 Å². The predicted octanol–water partition coefficient (Wildman–Crippen LogP) is -0.177. The van der Waals surface area contributed by atoms with Crippen molar-refractivity contribution < 1.29 is 13.9 Å². The van der Waals surface area contributed by atoms with Crippen LogP contribution in [-0.2, 0) is 17.9 Å². The Morgan fingerprint density at radius 1 is 1.34 bits per heavy atom. The number of carbonyl (C=O) groups is 1. The second kappa shape index (κ2) is 7.52. The molecule has 0 saturated carbocycles. The Morgan fingerprint density at radius 3 is 2.93 bits per heavy atom. The number of halogens is 1. The Bertz CT molecular complexity index is 1060. The SMILES string of the molecule is N#Cc1cc(COc2cc3n(c(=O)n2)CC2CN(C(=O)CN)CCN32)ccc1F. The molecule has 150 valence electrons. The first-order chi connectivity index (χ1) is 14.0. The van der Waals surface area contributed by atoms with Crippen molar-refractivity contribution >= 4 is 11.7 Å². The predicted molar refractivity (Wildman–Crippen MR) is 101 cm³/mol. The van der Waals surface area contributed by atoms with E-state index in [4.69, 9.17) is 15.7 Å². The van der Waals surface area contributed by atoms with Gasteiger partial charge in [0.25, 0.3) is 0 Å². The smallest absolute Gasteiger partial charge is 0.352 e. The second-order valence-corrected chi connectivity index (χ2v) is 6.95. The average molecular weight is 398 g/mol. The fourth-order valence-corrected chi connectivity index (χ4v) is 3.74. The number of carbonyl (C=O) groups excluding carboxylic acids is 1. The van der Waals surface area contributed by atoms with Gasteiger partial charge in [0, 0.05) is 25.7 Å². The van der Waals surface area contributed by atoms with Crippen LogP contribution >= 0.6 is 0 Å². The van der Waals surface area contributed by atoms with Crippen LogP contribution in [0.15, 0.2) is 29.1 Å². The summed E-state index contributed by atoms with van der Waals surface area (Å²) in [5, 5.41) is 8.92. The van der Waals surface area contributed by atoms with Crippen LogP contribution in [0.4, 0.5) is 10.2 Å². The first kappa shape index (κ1) is 18.9. The Kier molecular flexibility index (Phi) is 4.90. The summed E-state index contributed by atoms with van der Waals surface area (Å²) in [4.78, 5) is 32.1. The molecule has 10 heteroatoms. The Morgan fingerprint density at radius 2 is 2.17 bits per heavy atom. The van der Waals surface area contributed by atoms with Crippen molar-refractivity contribution in [2.45, 2.75) is 19.2 Å². The Labute approximate surface area is 165 Å². The number of anilines is 1. The molecule has 2 aliphatic rings. The summed E-state index contributed by atoms with van der Waals surface area (Å²) in [7, 11) is 0. The fraction of sp³-hybridized carbons (Fsp3) is 0.368. The largest absolute Gasteiger partial charge is 0.473 e. The fourth-order valence-electron chi connectivity index (χ4n) is 3.74. The number of ether oxygens (including phenoxy) is 1. The van der Waals surface area contributed by atoms with Crippen LogP contribution in [0.25, 0.3) is 0 Å². The number of nitriles is 1. The highest BCUT2D eigenvalue weighted by atomic mass is 19.1. The summed E-state index contributed by atoms with van der Waals surface area (Å²) in [5.41, 5.74) is 5.55. The Balaban J connectivity index is 1.51. The van der Waals surface area contributed by atoms with Crippen LogP contribution in [0, 0.1) is 17.1 Å². The van der Waals surface area contributed by atoms with Gasteiger partial charge in [0.1, 0.15) is 24.3 Å². The molecule has 1 aromatic carbocycles. The molecule has 1 unspecified atom stereocenters. The van der Waals surface area contributed by atoms with Crippen LogP contribution in [0.1, 0.15) is 11.1 Å². The van der Waals surface area contributed by atoms with Gasteiger partial charge >= 0.3 is 5.69 Å². The van der Waals surface area contributed by atoms with E-state index in [1.165, 1.54) is 18.2 Å². The van der Waals surface area contributed by atoms with Crippen molar-refractivity contribution in [2.75, 3.05) is 31.1 Å². The number of aromatic nitrogens is 2. The number of hydrogen-bond acceptors (Lipinski definition) is 7. The maximum atomic E-state index is 13.4. The lowest BCUT2D eigenvalue weighted by molar-refractivity contribution is -0.130. The number of nitrogens with zero attached hydrogens (tertiary/aromatic N) is 5. The zero-order chi connectivity index (χ0) is 20.5. The van der Waals surface area contributed by atoms with Crippen molar-refractivity contribution in [2.24, 2.45) is 5.73 Å². The van der Waals surface area contributed by atoms with Gasteiger partial charge in [-0.15, -0.1) is 0 Å². The van der Waals surface area contributed by atoms with Gasteiger partial charge < -0.3 is 20.3 Å². The van der Waals surface area contributed by atoms with Crippen molar-refractivity contribution in [3.63, 3.8) is 0 Å². The van der Waals surface area contributed by atoms with Crippen LogP contribution < -0.4 is 21.1 Å². The monoisotopic (exact) mass is 398 g/mol. The number of piperazine rings is 1. The van der Waals surface area contributed by atoms with Crippen molar-refractivity contribution in [3.05, 3.63) is 51.7 Å². The minimum Gasteiger partial charge on any atom is -0.473 e. The maximum Gasteiger partial charge on any atom is 0.352 e. The van der Waals surface area contributed by atoms with Gasteiger partial charge in [-0.1, -0.05) is 6.07 Å². The van der Waals surface area contributed by atoms with Crippen molar-refractivity contribution in [3.8, 4) is 11.9 Å². The molecule has 1 aromatic heterocycles. The second-order valence-electron chi connectivity index (χ2n) is 6.95. The minimum atomic E-state index is -0.594. The molecule has 0 spiro atoms. The lowest BCUT2D eigenvalue weighted by Crippen LogP contribution is -2.54. The number of nitrogens with two attached hydrogens (primary N) is 1. The van der Waals surface area contributed by atoms with Gasteiger partial charge in [-0.25, -0.2) is 9.18 Å². The van der Waals surface area contributed by atoms with E-state index < -0.39 is 11.5 Å². The molecule has 2 N–H and O–H groups in total. The zero-order valence-corrected chi connectivity index (χ0v) is 15.5. The lowest BCUT2D eigenvalue weighted by atomic mass is 10.1. The molecule has 1 amide bonds. The molecule has 4 rings (SSSR count). The molecule has 0 radical (unpaired) electrons.